The Morgan fingerprint density at radius 1 is 1.00 bits per heavy atom. The van der Waals surface area contributed by atoms with Crippen LogP contribution in [0.2, 0.25) is 0 Å². The highest BCUT2D eigenvalue weighted by Crippen LogP contribution is 2.40. The Balaban J connectivity index is 0.000000454. The number of carbonyl (C=O) groups is 2. The summed E-state index contributed by atoms with van der Waals surface area (Å²) in [7, 11) is 0. The second kappa shape index (κ2) is 11.2. The molecule has 9 heteroatoms. The van der Waals surface area contributed by atoms with Crippen molar-refractivity contribution in [3.63, 3.8) is 0 Å². The van der Waals surface area contributed by atoms with Gasteiger partial charge in [-0.3, -0.25) is 4.90 Å². The quantitative estimate of drug-likeness (QED) is 0.542. The van der Waals surface area contributed by atoms with E-state index in [-0.39, 0.29) is 5.41 Å². The summed E-state index contributed by atoms with van der Waals surface area (Å²) < 4.78 is 11.5. The van der Waals surface area contributed by atoms with Gasteiger partial charge in [-0.2, -0.15) is 4.98 Å². The second-order valence-electron chi connectivity index (χ2n) is 7.71. The molecule has 0 unspecified atom stereocenters. The number of para-hydroxylation sites is 1. The molecule has 2 heterocycles. The predicted molar refractivity (Wildman–Crippen MR) is 119 cm³/mol. The smallest absolute Gasteiger partial charge is 0.414 e. The van der Waals surface area contributed by atoms with Gasteiger partial charge in [-0.1, -0.05) is 53.7 Å². The summed E-state index contributed by atoms with van der Waals surface area (Å²) in [5.74, 6) is -1.29. The van der Waals surface area contributed by atoms with Gasteiger partial charge in [0.1, 0.15) is 12.4 Å². The molecule has 33 heavy (non-hydrogen) atoms. The summed E-state index contributed by atoms with van der Waals surface area (Å²) in [6.45, 7) is 5.45. The van der Waals surface area contributed by atoms with Crippen molar-refractivity contribution in [2.75, 3.05) is 26.2 Å². The van der Waals surface area contributed by atoms with Gasteiger partial charge in [0.15, 0.2) is 5.82 Å². The highest BCUT2D eigenvalue weighted by Gasteiger charge is 2.42. The number of carboxylic acids is 2. The molecule has 1 saturated heterocycles. The van der Waals surface area contributed by atoms with Gasteiger partial charge in [-0.15, -0.1) is 0 Å². The fourth-order valence-corrected chi connectivity index (χ4v) is 3.84. The summed E-state index contributed by atoms with van der Waals surface area (Å²) in [4.78, 5) is 25.2. The molecule has 1 aliphatic rings. The van der Waals surface area contributed by atoms with E-state index in [1.807, 2.05) is 43.3 Å². The van der Waals surface area contributed by atoms with Gasteiger partial charge in [0.2, 0.25) is 5.89 Å². The van der Waals surface area contributed by atoms with Crippen LogP contribution < -0.4 is 4.74 Å². The Labute approximate surface area is 191 Å². The Morgan fingerprint density at radius 3 is 2.09 bits per heavy atom. The van der Waals surface area contributed by atoms with Crippen molar-refractivity contribution in [2.45, 2.75) is 25.2 Å². The number of ether oxygens (including phenoxy) is 1. The Bertz CT molecular complexity index is 1020. The van der Waals surface area contributed by atoms with Gasteiger partial charge in [-0.25, -0.2) is 9.59 Å². The first-order valence-electron chi connectivity index (χ1n) is 10.6. The van der Waals surface area contributed by atoms with Crippen molar-refractivity contribution in [1.29, 1.82) is 0 Å². The molecular weight excluding hydrogens is 426 g/mol. The average molecular weight is 453 g/mol. The number of hydrogen-bond donors (Lipinski definition) is 2. The molecular formula is C24H27N3O6. The number of piperidine rings is 1. The van der Waals surface area contributed by atoms with Crippen LogP contribution in [0.3, 0.4) is 0 Å². The zero-order valence-electron chi connectivity index (χ0n) is 18.4. The van der Waals surface area contributed by atoms with Gasteiger partial charge in [0, 0.05) is 6.54 Å². The van der Waals surface area contributed by atoms with Crippen molar-refractivity contribution in [3.05, 3.63) is 77.9 Å². The van der Waals surface area contributed by atoms with E-state index in [1.165, 1.54) is 5.56 Å². The Hall–Kier alpha value is -3.72. The Kier molecular flexibility index (Phi) is 8.15. The fourth-order valence-electron chi connectivity index (χ4n) is 3.84. The van der Waals surface area contributed by atoms with E-state index in [0.717, 1.165) is 44.1 Å². The van der Waals surface area contributed by atoms with Crippen molar-refractivity contribution >= 4 is 11.9 Å². The largest absolute Gasteiger partial charge is 0.492 e. The van der Waals surface area contributed by atoms with Crippen LogP contribution in [0.25, 0.3) is 0 Å². The van der Waals surface area contributed by atoms with E-state index in [0.29, 0.717) is 12.4 Å². The van der Waals surface area contributed by atoms with Crippen LogP contribution in [0.4, 0.5) is 0 Å². The summed E-state index contributed by atoms with van der Waals surface area (Å²) in [5.41, 5.74) is 1.06. The highest BCUT2D eigenvalue weighted by molar-refractivity contribution is 6.27. The van der Waals surface area contributed by atoms with Crippen LogP contribution >= 0.6 is 0 Å². The molecule has 1 aliphatic heterocycles. The van der Waals surface area contributed by atoms with Crippen LogP contribution in [0.1, 0.15) is 30.1 Å². The van der Waals surface area contributed by atoms with E-state index in [1.54, 1.807) is 0 Å². The van der Waals surface area contributed by atoms with Crippen LogP contribution in [0, 0.1) is 6.92 Å². The molecule has 0 radical (unpaired) electrons. The zero-order chi connectivity index (χ0) is 23.7. The minimum Gasteiger partial charge on any atom is -0.492 e. The molecule has 0 spiro atoms. The number of rotatable bonds is 6. The normalized spacial score (nSPS) is 15.2. The highest BCUT2D eigenvalue weighted by atomic mass is 16.5. The third-order valence-corrected chi connectivity index (χ3v) is 5.58. The molecule has 0 saturated carbocycles. The standard InChI is InChI=1S/C22H25N3O2.C2H2O4/c1-18-23-21(27-24-18)22(19-8-4-2-5-9-19)12-14-25(15-13-22)16-17-26-20-10-6-3-7-11-20;3-1(4)2(5)6/h2-11H,12-17H2,1H3;(H,3,4)(H,5,6). The lowest BCUT2D eigenvalue weighted by atomic mass is 9.72. The third kappa shape index (κ3) is 6.39. The number of likely N-dealkylation sites (tertiary alicyclic amines) is 1. The number of hydrogen-bond acceptors (Lipinski definition) is 7. The molecule has 3 aromatic rings. The lowest BCUT2D eigenvalue weighted by molar-refractivity contribution is -0.159. The second-order valence-corrected chi connectivity index (χ2v) is 7.71. The van der Waals surface area contributed by atoms with E-state index in [2.05, 4.69) is 39.3 Å². The molecule has 9 nitrogen and oxygen atoms in total. The summed E-state index contributed by atoms with van der Waals surface area (Å²) in [6, 6.07) is 20.5. The molecule has 0 amide bonds. The van der Waals surface area contributed by atoms with Crippen molar-refractivity contribution in [3.8, 4) is 5.75 Å². The van der Waals surface area contributed by atoms with E-state index >= 15 is 0 Å². The summed E-state index contributed by atoms with van der Waals surface area (Å²) in [5, 5.41) is 18.8. The first kappa shape index (κ1) is 23.9. The Morgan fingerprint density at radius 2 is 1.58 bits per heavy atom. The molecule has 4 rings (SSSR count). The minimum atomic E-state index is -1.82. The monoisotopic (exact) mass is 453 g/mol. The number of aryl methyl sites for hydroxylation is 1. The molecule has 2 N–H and O–H groups in total. The SMILES string of the molecule is Cc1noc(C2(c3ccccc3)CCN(CCOc3ccccc3)CC2)n1.O=C(O)C(=O)O. The van der Waals surface area contributed by atoms with E-state index in [9.17, 15) is 0 Å². The minimum absolute atomic E-state index is 0.195. The van der Waals surface area contributed by atoms with Gasteiger partial charge >= 0.3 is 11.9 Å². The molecule has 1 fully saturated rings. The average Bonchev–Trinajstić information content (AvgIpc) is 3.28. The number of benzene rings is 2. The number of carboxylic acid groups (broad SMARTS) is 2. The van der Waals surface area contributed by atoms with Gasteiger partial charge in [0.05, 0.1) is 5.41 Å². The molecule has 0 atom stereocenters. The van der Waals surface area contributed by atoms with Gasteiger partial charge in [-0.05, 0) is 50.6 Å². The number of nitrogens with zero attached hydrogens (tertiary/aromatic N) is 3. The fraction of sp³-hybridized carbons (Fsp3) is 0.333. The van der Waals surface area contributed by atoms with Crippen LogP contribution in [0.5, 0.6) is 5.75 Å². The van der Waals surface area contributed by atoms with Crippen molar-refractivity contribution in [2.24, 2.45) is 0 Å². The molecule has 0 aliphatic carbocycles. The van der Waals surface area contributed by atoms with Crippen LogP contribution in [-0.2, 0) is 15.0 Å². The summed E-state index contributed by atoms with van der Waals surface area (Å²) in [6.07, 6.45) is 1.92. The van der Waals surface area contributed by atoms with E-state index < -0.39 is 11.9 Å². The third-order valence-electron chi connectivity index (χ3n) is 5.58. The zero-order valence-corrected chi connectivity index (χ0v) is 18.4. The lowest BCUT2D eigenvalue weighted by Gasteiger charge is -2.39. The molecule has 2 aromatic carbocycles. The van der Waals surface area contributed by atoms with Gasteiger partial charge in [0.25, 0.3) is 0 Å². The van der Waals surface area contributed by atoms with Gasteiger partial charge < -0.3 is 19.5 Å². The first-order valence-corrected chi connectivity index (χ1v) is 10.6. The lowest BCUT2D eigenvalue weighted by Crippen LogP contribution is -2.44. The van der Waals surface area contributed by atoms with Crippen molar-refractivity contribution < 1.29 is 29.1 Å². The van der Waals surface area contributed by atoms with Crippen molar-refractivity contribution in [1.82, 2.24) is 15.0 Å². The molecule has 0 bridgehead atoms. The number of aromatic nitrogens is 2. The van der Waals surface area contributed by atoms with Crippen LogP contribution in [-0.4, -0.2) is 63.4 Å². The maximum absolute atomic E-state index is 9.10. The summed E-state index contributed by atoms with van der Waals surface area (Å²) >= 11 is 0. The predicted octanol–water partition coefficient (Wildman–Crippen LogP) is 2.99. The molecule has 1 aromatic heterocycles. The maximum Gasteiger partial charge on any atom is 0.414 e. The first-order chi connectivity index (χ1) is 15.9. The van der Waals surface area contributed by atoms with Crippen LogP contribution in [0.15, 0.2) is 65.2 Å². The maximum atomic E-state index is 9.10. The number of aliphatic carboxylic acids is 2. The topological polar surface area (TPSA) is 126 Å². The van der Waals surface area contributed by atoms with E-state index in [4.69, 9.17) is 29.1 Å². The molecule has 174 valence electrons.